The van der Waals surface area contributed by atoms with Crippen LogP contribution in [0.25, 0.3) is 0 Å². The second kappa shape index (κ2) is 7.93. The molecule has 148 valence electrons. The number of primary amides is 1. The summed E-state index contributed by atoms with van der Waals surface area (Å²) in [5.74, 6) is -0.875. The van der Waals surface area contributed by atoms with Gasteiger partial charge < -0.3 is 10.6 Å². The number of fused-ring (bicyclic) bond motifs is 1. The second-order valence-electron chi connectivity index (χ2n) is 6.93. The van der Waals surface area contributed by atoms with Gasteiger partial charge >= 0.3 is 0 Å². The minimum Gasteiger partial charge on any atom is -0.368 e. The maximum atomic E-state index is 13.7. The average molecular weight is 427 g/mol. The first-order valence-corrected chi connectivity index (χ1v) is 10.4. The summed E-state index contributed by atoms with van der Waals surface area (Å²) in [6, 6.07) is 7.88. The fourth-order valence-electron chi connectivity index (χ4n) is 3.94. The van der Waals surface area contributed by atoms with Crippen LogP contribution in [0.1, 0.15) is 50.6 Å². The predicted octanol–water partition coefficient (Wildman–Crippen LogP) is 3.86. The lowest BCUT2D eigenvalue weighted by atomic mass is 10.00. The van der Waals surface area contributed by atoms with Crippen LogP contribution < -0.4 is 5.73 Å². The monoisotopic (exact) mass is 426 g/mol. The molecular formula is C21H19ClN4O2S. The topological polar surface area (TPSA) is 89.2 Å². The predicted molar refractivity (Wildman–Crippen MR) is 112 cm³/mol. The Balaban J connectivity index is 1.87. The largest absolute Gasteiger partial charge is 0.368 e. The normalized spacial score (nSPS) is 16.3. The fraction of sp³-hybridized carbons (Fsp3) is 0.238. The van der Waals surface area contributed by atoms with Crippen molar-refractivity contribution in [3.05, 3.63) is 80.5 Å². The van der Waals surface area contributed by atoms with Crippen molar-refractivity contribution >= 4 is 34.8 Å². The van der Waals surface area contributed by atoms with Crippen LogP contribution in [0.3, 0.4) is 0 Å². The summed E-state index contributed by atoms with van der Waals surface area (Å²) in [5.41, 5.74) is 10.6. The molecule has 0 unspecified atom stereocenters. The van der Waals surface area contributed by atoms with Crippen LogP contribution in [0, 0.1) is 6.92 Å². The number of benzene rings is 1. The number of halogens is 1. The molecule has 0 spiro atoms. The number of carbonyl (C=O) groups is 2. The highest BCUT2D eigenvalue weighted by Crippen LogP contribution is 2.43. The first-order valence-electron chi connectivity index (χ1n) is 9.18. The molecule has 2 amide bonds. The van der Waals surface area contributed by atoms with E-state index in [1.165, 1.54) is 11.3 Å². The molecule has 1 aromatic carbocycles. The van der Waals surface area contributed by atoms with Crippen molar-refractivity contribution in [3.8, 4) is 0 Å². The van der Waals surface area contributed by atoms with Crippen LogP contribution >= 0.6 is 22.9 Å². The molecule has 2 atom stereocenters. The molecule has 6 nitrogen and oxygen atoms in total. The molecule has 1 aliphatic rings. The number of rotatable bonds is 5. The Morgan fingerprint density at radius 3 is 2.79 bits per heavy atom. The van der Waals surface area contributed by atoms with Gasteiger partial charge in [0.15, 0.2) is 0 Å². The number of aromatic nitrogens is 2. The van der Waals surface area contributed by atoms with E-state index in [4.69, 9.17) is 17.3 Å². The van der Waals surface area contributed by atoms with Gasteiger partial charge in [-0.05, 0) is 43.0 Å². The van der Waals surface area contributed by atoms with Crippen LogP contribution in [0.15, 0.2) is 48.2 Å². The van der Waals surface area contributed by atoms with Crippen molar-refractivity contribution < 1.29 is 9.59 Å². The van der Waals surface area contributed by atoms with E-state index in [1.54, 1.807) is 41.9 Å². The van der Waals surface area contributed by atoms with Crippen molar-refractivity contribution in [3.63, 3.8) is 0 Å². The molecule has 2 aromatic heterocycles. The highest BCUT2D eigenvalue weighted by molar-refractivity contribution is 7.11. The smallest absolute Gasteiger partial charge is 0.267 e. The summed E-state index contributed by atoms with van der Waals surface area (Å²) in [6.45, 7) is 1.78. The van der Waals surface area contributed by atoms with Crippen molar-refractivity contribution in [1.29, 1.82) is 0 Å². The lowest BCUT2D eigenvalue weighted by molar-refractivity contribution is -0.123. The summed E-state index contributed by atoms with van der Waals surface area (Å²) in [4.78, 5) is 36.7. The zero-order valence-electron chi connectivity index (χ0n) is 15.7. The number of amides is 2. The van der Waals surface area contributed by atoms with Gasteiger partial charge in [-0.2, -0.15) is 0 Å². The summed E-state index contributed by atoms with van der Waals surface area (Å²) in [7, 11) is 0. The maximum Gasteiger partial charge on any atom is 0.267 e. The average Bonchev–Trinajstić information content (AvgIpc) is 3.33. The third-order valence-corrected chi connectivity index (χ3v) is 6.51. The highest BCUT2D eigenvalue weighted by atomic mass is 35.5. The van der Waals surface area contributed by atoms with Crippen LogP contribution in [0.4, 0.5) is 0 Å². The number of thiazole rings is 1. The molecule has 0 fully saturated rings. The molecule has 2 N–H and O–H groups in total. The molecule has 2 heterocycles. The number of carbonyl (C=O) groups excluding carboxylic acids is 2. The standard InChI is InChI=1S/C21H19ClN4O2S/c1-12-19(29-11-25-12)21(28)26(18(20(23)27)13-4-3-9-24-10-13)17-8-7-14-15(17)5-2-6-16(14)22/h2-6,9-11,17-18H,7-8H2,1H3,(H2,23,27)/t17-,18-/m1/s1. The van der Waals surface area contributed by atoms with Crippen molar-refractivity contribution in [2.75, 3.05) is 0 Å². The maximum absolute atomic E-state index is 13.7. The number of nitrogens with zero attached hydrogens (tertiary/aromatic N) is 3. The molecule has 3 aromatic rings. The second-order valence-corrected chi connectivity index (χ2v) is 8.19. The zero-order chi connectivity index (χ0) is 20.5. The van der Waals surface area contributed by atoms with Gasteiger partial charge in [-0.1, -0.05) is 29.8 Å². The first-order chi connectivity index (χ1) is 14.0. The fourth-order valence-corrected chi connectivity index (χ4v) is 4.96. The van der Waals surface area contributed by atoms with E-state index in [0.717, 1.165) is 17.5 Å². The Bertz CT molecular complexity index is 1070. The third kappa shape index (κ3) is 3.52. The Morgan fingerprint density at radius 1 is 1.31 bits per heavy atom. The first kappa shape index (κ1) is 19.5. The van der Waals surface area contributed by atoms with Gasteiger partial charge in [-0.15, -0.1) is 11.3 Å². The quantitative estimate of drug-likeness (QED) is 0.670. The zero-order valence-corrected chi connectivity index (χ0v) is 17.3. The van der Waals surface area contributed by atoms with Crippen LogP contribution in [-0.4, -0.2) is 26.7 Å². The number of nitrogens with two attached hydrogens (primary N) is 1. The number of aryl methyl sites for hydroxylation is 1. The van der Waals surface area contributed by atoms with Crippen molar-refractivity contribution in [2.24, 2.45) is 5.73 Å². The van der Waals surface area contributed by atoms with Gasteiger partial charge in [0.2, 0.25) is 5.91 Å². The van der Waals surface area contributed by atoms with E-state index in [-0.39, 0.29) is 11.9 Å². The number of hydrogen-bond donors (Lipinski definition) is 1. The number of pyridine rings is 1. The van der Waals surface area contributed by atoms with Gasteiger partial charge in [-0.3, -0.25) is 14.6 Å². The minimum atomic E-state index is -0.951. The third-order valence-electron chi connectivity index (χ3n) is 5.24. The lowest BCUT2D eigenvalue weighted by Gasteiger charge is -2.35. The van der Waals surface area contributed by atoms with Gasteiger partial charge in [0.25, 0.3) is 5.91 Å². The molecule has 1 aliphatic carbocycles. The molecule has 0 saturated carbocycles. The van der Waals surface area contributed by atoms with Gasteiger partial charge in [0.05, 0.1) is 17.2 Å². The van der Waals surface area contributed by atoms with Gasteiger partial charge in [0, 0.05) is 23.0 Å². The lowest BCUT2D eigenvalue weighted by Crippen LogP contribution is -2.43. The molecular weight excluding hydrogens is 408 g/mol. The molecule has 0 bridgehead atoms. The van der Waals surface area contributed by atoms with Crippen LogP contribution in [0.2, 0.25) is 5.02 Å². The van der Waals surface area contributed by atoms with E-state index in [9.17, 15) is 9.59 Å². The Hall–Kier alpha value is -2.77. The van der Waals surface area contributed by atoms with Crippen LogP contribution in [0.5, 0.6) is 0 Å². The Labute approximate surface area is 177 Å². The molecule has 4 rings (SSSR count). The van der Waals surface area contributed by atoms with E-state index in [0.29, 0.717) is 27.6 Å². The molecule has 29 heavy (non-hydrogen) atoms. The van der Waals surface area contributed by atoms with E-state index >= 15 is 0 Å². The van der Waals surface area contributed by atoms with Crippen LogP contribution in [-0.2, 0) is 11.2 Å². The summed E-state index contributed by atoms with van der Waals surface area (Å²) in [6.07, 6.45) is 4.57. The van der Waals surface area contributed by atoms with E-state index in [2.05, 4.69) is 9.97 Å². The summed E-state index contributed by atoms with van der Waals surface area (Å²) < 4.78 is 0. The molecule has 0 aliphatic heterocycles. The summed E-state index contributed by atoms with van der Waals surface area (Å²) >= 11 is 7.65. The number of hydrogen-bond acceptors (Lipinski definition) is 5. The van der Waals surface area contributed by atoms with E-state index in [1.807, 2.05) is 18.2 Å². The Morgan fingerprint density at radius 2 is 2.14 bits per heavy atom. The minimum absolute atomic E-state index is 0.268. The van der Waals surface area contributed by atoms with Crippen molar-refractivity contribution in [1.82, 2.24) is 14.9 Å². The summed E-state index contributed by atoms with van der Waals surface area (Å²) in [5, 5.41) is 0.670. The Kier molecular flexibility index (Phi) is 5.34. The molecule has 0 radical (unpaired) electrons. The van der Waals surface area contributed by atoms with Crippen molar-refractivity contribution in [2.45, 2.75) is 31.8 Å². The van der Waals surface area contributed by atoms with Gasteiger partial charge in [-0.25, -0.2) is 4.98 Å². The SMILES string of the molecule is Cc1ncsc1C(=O)N([C@@H]1CCc2c(Cl)cccc21)[C@@H](C(N)=O)c1cccnc1. The van der Waals surface area contributed by atoms with E-state index < -0.39 is 11.9 Å². The molecule has 8 heteroatoms. The van der Waals surface area contributed by atoms with Gasteiger partial charge in [0.1, 0.15) is 10.9 Å². The molecule has 0 saturated heterocycles. The highest BCUT2D eigenvalue weighted by Gasteiger charge is 2.40.